The van der Waals surface area contributed by atoms with Crippen molar-refractivity contribution in [1.29, 1.82) is 0 Å². The summed E-state index contributed by atoms with van der Waals surface area (Å²) in [5.74, 6) is 0.0926. The number of aryl methyl sites for hydroxylation is 1. The summed E-state index contributed by atoms with van der Waals surface area (Å²) in [4.78, 5) is 14.7. The van der Waals surface area contributed by atoms with Crippen molar-refractivity contribution >= 4 is 5.97 Å². The Morgan fingerprint density at radius 3 is 2.41 bits per heavy atom. The Kier molecular flexibility index (Phi) is 3.05. The molecule has 2 rings (SSSR count). The van der Waals surface area contributed by atoms with E-state index >= 15 is 0 Å². The van der Waals surface area contributed by atoms with E-state index in [0.29, 0.717) is 11.6 Å². The number of ether oxygens (including phenoxy) is 1. The lowest BCUT2D eigenvalue weighted by Gasteiger charge is -2.04. The number of rotatable bonds is 3. The first-order chi connectivity index (χ1) is 8.15. The fourth-order valence-corrected chi connectivity index (χ4v) is 1.30. The number of carboxylic acid groups (broad SMARTS) is 1. The molecule has 1 aromatic carbocycles. The van der Waals surface area contributed by atoms with Crippen LogP contribution in [0.5, 0.6) is 11.6 Å². The Hall–Kier alpha value is -2.36. The topological polar surface area (TPSA) is 59.4 Å². The van der Waals surface area contributed by atoms with Crippen molar-refractivity contribution in [3.8, 4) is 11.6 Å². The molecule has 0 atom stereocenters. The molecule has 2 aromatic rings. The van der Waals surface area contributed by atoms with Gasteiger partial charge >= 0.3 is 5.97 Å². The number of benzene rings is 1. The first kappa shape index (κ1) is 11.1. The van der Waals surface area contributed by atoms with E-state index in [1.807, 2.05) is 13.0 Å². The molecule has 0 aliphatic rings. The highest BCUT2D eigenvalue weighted by molar-refractivity contribution is 5.87. The van der Waals surface area contributed by atoms with Crippen LogP contribution in [0.3, 0.4) is 0 Å². The zero-order valence-corrected chi connectivity index (χ0v) is 9.25. The second kappa shape index (κ2) is 4.65. The maximum Gasteiger partial charge on any atom is 0.335 e. The average Bonchev–Trinajstić information content (AvgIpc) is 2.33. The molecule has 0 radical (unpaired) electrons. The third-order valence-corrected chi connectivity index (χ3v) is 2.21. The lowest BCUT2D eigenvalue weighted by molar-refractivity contribution is 0.0697. The molecule has 0 fully saturated rings. The third kappa shape index (κ3) is 2.81. The molecule has 0 aliphatic heterocycles. The predicted molar refractivity (Wildman–Crippen MR) is 62.4 cm³/mol. The summed E-state index contributed by atoms with van der Waals surface area (Å²) in [6, 6.07) is 9.85. The molecular formula is C13H11NO3. The van der Waals surface area contributed by atoms with Gasteiger partial charge in [-0.3, -0.25) is 0 Å². The molecule has 0 amide bonds. The molecule has 0 spiro atoms. The van der Waals surface area contributed by atoms with Gasteiger partial charge in [-0.2, -0.15) is 0 Å². The lowest BCUT2D eigenvalue weighted by atomic mass is 10.2. The SMILES string of the molecule is Cc1ccc(Oc2ccc(C(=O)O)cc2)nc1. The highest BCUT2D eigenvalue weighted by Crippen LogP contribution is 2.19. The fraction of sp³-hybridized carbons (Fsp3) is 0.0769. The lowest BCUT2D eigenvalue weighted by Crippen LogP contribution is -1.95. The van der Waals surface area contributed by atoms with Crippen LogP contribution < -0.4 is 4.74 Å². The van der Waals surface area contributed by atoms with Gasteiger partial charge in [0.25, 0.3) is 0 Å². The summed E-state index contributed by atoms with van der Waals surface area (Å²) in [5, 5.41) is 8.74. The van der Waals surface area contributed by atoms with Crippen LogP contribution in [-0.4, -0.2) is 16.1 Å². The van der Waals surface area contributed by atoms with Crippen molar-refractivity contribution in [3.63, 3.8) is 0 Å². The second-order valence-electron chi connectivity index (χ2n) is 3.61. The van der Waals surface area contributed by atoms with E-state index in [0.717, 1.165) is 5.56 Å². The normalized spacial score (nSPS) is 9.94. The van der Waals surface area contributed by atoms with Crippen LogP contribution >= 0.6 is 0 Å². The van der Waals surface area contributed by atoms with Crippen molar-refractivity contribution in [2.75, 3.05) is 0 Å². The molecule has 0 aliphatic carbocycles. The monoisotopic (exact) mass is 229 g/mol. The molecule has 17 heavy (non-hydrogen) atoms. The summed E-state index contributed by atoms with van der Waals surface area (Å²) >= 11 is 0. The van der Waals surface area contributed by atoms with E-state index < -0.39 is 5.97 Å². The van der Waals surface area contributed by atoms with Crippen molar-refractivity contribution < 1.29 is 14.6 Å². The molecule has 4 nitrogen and oxygen atoms in total. The maximum atomic E-state index is 10.7. The van der Waals surface area contributed by atoms with Gasteiger partial charge in [0.05, 0.1) is 5.56 Å². The highest BCUT2D eigenvalue weighted by Gasteiger charge is 2.03. The van der Waals surface area contributed by atoms with Crippen molar-refractivity contribution in [2.45, 2.75) is 6.92 Å². The minimum atomic E-state index is -0.954. The fourth-order valence-electron chi connectivity index (χ4n) is 1.30. The number of hydrogen-bond acceptors (Lipinski definition) is 3. The van der Waals surface area contributed by atoms with E-state index in [1.165, 1.54) is 12.1 Å². The molecule has 0 saturated carbocycles. The number of carbonyl (C=O) groups is 1. The van der Waals surface area contributed by atoms with Gasteiger partial charge < -0.3 is 9.84 Å². The molecule has 0 bridgehead atoms. The van der Waals surface area contributed by atoms with Crippen LogP contribution in [0, 0.1) is 6.92 Å². The van der Waals surface area contributed by atoms with E-state index in [2.05, 4.69) is 4.98 Å². The second-order valence-corrected chi connectivity index (χ2v) is 3.61. The van der Waals surface area contributed by atoms with E-state index in [4.69, 9.17) is 9.84 Å². The quantitative estimate of drug-likeness (QED) is 0.879. The van der Waals surface area contributed by atoms with E-state index in [-0.39, 0.29) is 5.56 Å². The summed E-state index contributed by atoms with van der Waals surface area (Å²) in [5.41, 5.74) is 1.28. The Morgan fingerprint density at radius 1 is 1.18 bits per heavy atom. The molecule has 86 valence electrons. The molecule has 0 unspecified atom stereocenters. The van der Waals surface area contributed by atoms with Gasteiger partial charge in [-0.05, 0) is 36.8 Å². The Balaban J connectivity index is 2.13. The number of hydrogen-bond donors (Lipinski definition) is 1. The first-order valence-corrected chi connectivity index (χ1v) is 5.09. The predicted octanol–water partition coefficient (Wildman–Crippen LogP) is 2.88. The van der Waals surface area contributed by atoms with Crippen LogP contribution in [-0.2, 0) is 0 Å². The number of aromatic carboxylic acids is 1. The Labute approximate surface area is 98.5 Å². The largest absolute Gasteiger partial charge is 0.478 e. The van der Waals surface area contributed by atoms with Crippen LogP contribution in [0.25, 0.3) is 0 Å². The van der Waals surface area contributed by atoms with Gasteiger partial charge in [0.2, 0.25) is 5.88 Å². The van der Waals surface area contributed by atoms with Crippen LogP contribution in [0.4, 0.5) is 0 Å². The summed E-state index contributed by atoms with van der Waals surface area (Å²) < 4.78 is 5.46. The van der Waals surface area contributed by atoms with Crippen molar-refractivity contribution in [1.82, 2.24) is 4.98 Å². The van der Waals surface area contributed by atoms with Gasteiger partial charge in [-0.15, -0.1) is 0 Å². The number of aromatic nitrogens is 1. The van der Waals surface area contributed by atoms with Crippen molar-refractivity contribution in [3.05, 3.63) is 53.7 Å². The maximum absolute atomic E-state index is 10.7. The zero-order valence-electron chi connectivity index (χ0n) is 9.25. The summed E-state index contributed by atoms with van der Waals surface area (Å²) in [6.07, 6.45) is 1.71. The van der Waals surface area contributed by atoms with E-state index in [9.17, 15) is 4.79 Å². The first-order valence-electron chi connectivity index (χ1n) is 5.09. The van der Waals surface area contributed by atoms with Gasteiger partial charge in [0.15, 0.2) is 0 Å². The Bertz CT molecular complexity index is 517. The molecule has 4 heteroatoms. The molecule has 0 saturated heterocycles. The van der Waals surface area contributed by atoms with Crippen LogP contribution in [0.2, 0.25) is 0 Å². The van der Waals surface area contributed by atoms with Crippen LogP contribution in [0.15, 0.2) is 42.6 Å². The molecule has 1 aromatic heterocycles. The standard InChI is InChI=1S/C13H11NO3/c1-9-2-7-12(14-8-9)17-11-5-3-10(4-6-11)13(15)16/h2-8H,1H3,(H,15,16). The summed E-state index contributed by atoms with van der Waals surface area (Å²) in [6.45, 7) is 1.94. The van der Waals surface area contributed by atoms with Gasteiger partial charge in [-0.1, -0.05) is 6.07 Å². The minimum absolute atomic E-state index is 0.231. The molecule has 1 heterocycles. The van der Waals surface area contributed by atoms with Gasteiger partial charge in [0, 0.05) is 12.3 Å². The smallest absolute Gasteiger partial charge is 0.335 e. The number of nitrogens with zero attached hydrogens (tertiary/aromatic N) is 1. The highest BCUT2D eigenvalue weighted by atomic mass is 16.5. The zero-order chi connectivity index (χ0) is 12.3. The number of pyridine rings is 1. The van der Waals surface area contributed by atoms with E-state index in [1.54, 1.807) is 24.4 Å². The van der Waals surface area contributed by atoms with Gasteiger partial charge in [-0.25, -0.2) is 9.78 Å². The average molecular weight is 229 g/mol. The minimum Gasteiger partial charge on any atom is -0.478 e. The van der Waals surface area contributed by atoms with Crippen LogP contribution in [0.1, 0.15) is 15.9 Å². The van der Waals surface area contributed by atoms with Crippen molar-refractivity contribution in [2.24, 2.45) is 0 Å². The molecule has 1 N–H and O–H groups in total. The number of carboxylic acids is 1. The summed E-state index contributed by atoms with van der Waals surface area (Å²) in [7, 11) is 0. The van der Waals surface area contributed by atoms with Gasteiger partial charge in [0.1, 0.15) is 5.75 Å². The third-order valence-electron chi connectivity index (χ3n) is 2.21. The molecular weight excluding hydrogens is 218 g/mol. The Morgan fingerprint density at radius 2 is 1.88 bits per heavy atom.